The Morgan fingerprint density at radius 3 is 2.48 bits per heavy atom. The van der Waals surface area contributed by atoms with E-state index < -0.39 is 11.8 Å². The molecule has 0 saturated carbocycles. The number of aryl methyl sites for hydroxylation is 1. The summed E-state index contributed by atoms with van der Waals surface area (Å²) in [6, 6.07) is 11.8. The van der Waals surface area contributed by atoms with Gasteiger partial charge >= 0.3 is 6.03 Å². The smallest absolute Gasteiger partial charge is 0.308 e. The second kappa shape index (κ2) is 6.39. The van der Waals surface area contributed by atoms with Gasteiger partial charge in [-0.25, -0.2) is 9.18 Å². The first-order valence-corrected chi connectivity index (χ1v) is 6.90. The molecule has 2 aromatic carbocycles. The lowest BCUT2D eigenvalue weighted by Gasteiger charge is -2.11. The average Bonchev–Trinajstić information content (AvgIpc) is 2.40. The van der Waals surface area contributed by atoms with Crippen molar-refractivity contribution < 1.29 is 9.18 Å². The third-order valence-electron chi connectivity index (χ3n) is 3.18. The number of hydrogen-bond acceptors (Lipinski definition) is 1. The highest BCUT2D eigenvalue weighted by molar-refractivity contribution is 5.99. The predicted molar refractivity (Wildman–Crippen MR) is 84.3 cm³/mol. The molecule has 0 heterocycles. The number of nitrogens with one attached hydrogen (secondary N) is 2. The molecule has 0 aliphatic rings. The quantitative estimate of drug-likeness (QED) is 0.827. The van der Waals surface area contributed by atoms with E-state index in [1.165, 1.54) is 6.07 Å². The van der Waals surface area contributed by atoms with Gasteiger partial charge in [-0.05, 0) is 48.2 Å². The fraction of sp³-hybridized carbons (Fsp3) is 0.235. The zero-order chi connectivity index (χ0) is 15.4. The molecular weight excluding hydrogens is 267 g/mol. The fourth-order valence-electron chi connectivity index (χ4n) is 2.00. The van der Waals surface area contributed by atoms with Crippen LogP contribution in [0.2, 0.25) is 0 Å². The molecule has 0 saturated heterocycles. The van der Waals surface area contributed by atoms with E-state index in [2.05, 4.69) is 10.6 Å². The van der Waals surface area contributed by atoms with Crippen LogP contribution in [0.4, 0.5) is 20.6 Å². The second-order valence-electron chi connectivity index (χ2n) is 5.34. The standard InChI is InChI=1S/C17H19FN2O/c1-11(2)13-7-8-16(15(18)10-13)20-17(21)19-14-6-4-5-12(3)9-14/h4-11H,1-3H3,(H2,19,20,21). The number of carbonyl (C=O) groups is 1. The molecule has 21 heavy (non-hydrogen) atoms. The lowest BCUT2D eigenvalue weighted by molar-refractivity contribution is 0.262. The van der Waals surface area contributed by atoms with Crippen molar-refractivity contribution in [2.45, 2.75) is 26.7 Å². The molecule has 110 valence electrons. The van der Waals surface area contributed by atoms with Gasteiger partial charge in [0, 0.05) is 5.69 Å². The Labute approximate surface area is 124 Å². The van der Waals surface area contributed by atoms with Gasteiger partial charge in [0.05, 0.1) is 5.69 Å². The summed E-state index contributed by atoms with van der Waals surface area (Å²) < 4.78 is 13.9. The van der Waals surface area contributed by atoms with Gasteiger partial charge < -0.3 is 10.6 Å². The number of carbonyl (C=O) groups excluding carboxylic acids is 1. The number of anilines is 2. The normalized spacial score (nSPS) is 10.5. The number of amides is 2. The predicted octanol–water partition coefficient (Wildman–Crippen LogP) is 4.90. The summed E-state index contributed by atoms with van der Waals surface area (Å²) in [6.07, 6.45) is 0. The SMILES string of the molecule is Cc1cccc(NC(=O)Nc2ccc(C(C)C)cc2F)c1. The van der Waals surface area contributed by atoms with E-state index in [-0.39, 0.29) is 11.6 Å². The van der Waals surface area contributed by atoms with E-state index in [0.717, 1.165) is 11.1 Å². The molecule has 0 atom stereocenters. The minimum absolute atomic E-state index is 0.171. The van der Waals surface area contributed by atoms with Gasteiger partial charge in [0.1, 0.15) is 5.82 Å². The van der Waals surface area contributed by atoms with Gasteiger partial charge in [0.2, 0.25) is 0 Å². The van der Waals surface area contributed by atoms with E-state index in [1.54, 1.807) is 12.1 Å². The maximum absolute atomic E-state index is 13.9. The number of rotatable bonds is 3. The van der Waals surface area contributed by atoms with Crippen molar-refractivity contribution in [3.63, 3.8) is 0 Å². The molecule has 2 aromatic rings. The monoisotopic (exact) mass is 286 g/mol. The highest BCUT2D eigenvalue weighted by atomic mass is 19.1. The molecule has 4 heteroatoms. The zero-order valence-electron chi connectivity index (χ0n) is 12.4. The van der Waals surface area contributed by atoms with Crippen LogP contribution >= 0.6 is 0 Å². The Bertz CT molecular complexity index is 653. The van der Waals surface area contributed by atoms with Crippen molar-refractivity contribution in [3.8, 4) is 0 Å². The number of halogens is 1. The molecule has 2 amide bonds. The lowest BCUT2D eigenvalue weighted by atomic mass is 10.0. The van der Waals surface area contributed by atoms with Crippen LogP contribution in [-0.2, 0) is 0 Å². The lowest BCUT2D eigenvalue weighted by Crippen LogP contribution is -2.20. The van der Waals surface area contributed by atoms with Crippen LogP contribution in [0.25, 0.3) is 0 Å². The Balaban J connectivity index is 2.06. The van der Waals surface area contributed by atoms with E-state index in [9.17, 15) is 9.18 Å². The molecule has 2 rings (SSSR count). The summed E-state index contributed by atoms with van der Waals surface area (Å²) >= 11 is 0. The Hall–Kier alpha value is -2.36. The van der Waals surface area contributed by atoms with E-state index in [4.69, 9.17) is 0 Å². The number of benzene rings is 2. The maximum Gasteiger partial charge on any atom is 0.323 e. The summed E-state index contributed by atoms with van der Waals surface area (Å²) in [5.74, 6) is -0.185. The average molecular weight is 286 g/mol. The molecule has 0 unspecified atom stereocenters. The fourth-order valence-corrected chi connectivity index (χ4v) is 2.00. The molecule has 0 spiro atoms. The third kappa shape index (κ3) is 4.05. The van der Waals surface area contributed by atoms with Crippen LogP contribution in [-0.4, -0.2) is 6.03 Å². The first-order chi connectivity index (χ1) is 9.95. The van der Waals surface area contributed by atoms with Gasteiger partial charge in [-0.3, -0.25) is 0 Å². The zero-order valence-corrected chi connectivity index (χ0v) is 12.4. The molecule has 3 nitrogen and oxygen atoms in total. The number of hydrogen-bond donors (Lipinski definition) is 2. The summed E-state index contributed by atoms with van der Waals surface area (Å²) in [7, 11) is 0. The van der Waals surface area contributed by atoms with Crippen molar-refractivity contribution >= 4 is 17.4 Å². The van der Waals surface area contributed by atoms with Crippen molar-refractivity contribution in [1.29, 1.82) is 0 Å². The summed E-state index contributed by atoms with van der Waals surface area (Å²) in [5.41, 5.74) is 2.79. The minimum Gasteiger partial charge on any atom is -0.308 e. The molecule has 0 fully saturated rings. The topological polar surface area (TPSA) is 41.1 Å². The first-order valence-electron chi connectivity index (χ1n) is 6.90. The highest BCUT2D eigenvalue weighted by Crippen LogP contribution is 2.21. The maximum atomic E-state index is 13.9. The van der Waals surface area contributed by atoms with Crippen molar-refractivity contribution in [2.75, 3.05) is 10.6 Å². The molecule has 0 aromatic heterocycles. The first kappa shape index (κ1) is 15.0. The van der Waals surface area contributed by atoms with E-state index >= 15 is 0 Å². The third-order valence-corrected chi connectivity index (χ3v) is 3.18. The summed E-state index contributed by atoms with van der Waals surface area (Å²) in [4.78, 5) is 11.9. The van der Waals surface area contributed by atoms with Crippen molar-refractivity contribution in [3.05, 3.63) is 59.4 Å². The van der Waals surface area contributed by atoms with Crippen molar-refractivity contribution in [1.82, 2.24) is 0 Å². The van der Waals surface area contributed by atoms with Crippen molar-refractivity contribution in [2.24, 2.45) is 0 Å². The molecular formula is C17H19FN2O. The highest BCUT2D eigenvalue weighted by Gasteiger charge is 2.09. The Morgan fingerprint density at radius 2 is 1.86 bits per heavy atom. The van der Waals surface area contributed by atoms with Gasteiger partial charge in [-0.2, -0.15) is 0 Å². The van der Waals surface area contributed by atoms with Crippen LogP contribution in [0.3, 0.4) is 0 Å². The molecule has 0 radical (unpaired) electrons. The second-order valence-corrected chi connectivity index (χ2v) is 5.34. The molecule has 0 aliphatic heterocycles. The molecule has 0 aliphatic carbocycles. The van der Waals surface area contributed by atoms with Crippen LogP contribution in [0.15, 0.2) is 42.5 Å². The molecule has 2 N–H and O–H groups in total. The summed E-state index contributed by atoms with van der Waals surface area (Å²) in [5, 5.41) is 5.20. The van der Waals surface area contributed by atoms with Crippen LogP contribution in [0, 0.1) is 12.7 Å². The van der Waals surface area contributed by atoms with Gasteiger partial charge in [-0.15, -0.1) is 0 Å². The minimum atomic E-state index is -0.461. The Kier molecular flexibility index (Phi) is 4.58. The van der Waals surface area contributed by atoms with E-state index in [1.807, 2.05) is 45.0 Å². The Morgan fingerprint density at radius 1 is 1.10 bits per heavy atom. The summed E-state index contributed by atoms with van der Waals surface area (Å²) in [6.45, 7) is 5.92. The molecule has 0 bridgehead atoms. The number of urea groups is 1. The van der Waals surface area contributed by atoms with Gasteiger partial charge in [0.25, 0.3) is 0 Å². The van der Waals surface area contributed by atoms with Gasteiger partial charge in [-0.1, -0.05) is 32.0 Å². The van der Waals surface area contributed by atoms with Gasteiger partial charge in [0.15, 0.2) is 0 Å². The largest absolute Gasteiger partial charge is 0.323 e. The van der Waals surface area contributed by atoms with Crippen LogP contribution in [0.1, 0.15) is 30.9 Å². The van der Waals surface area contributed by atoms with Crippen LogP contribution < -0.4 is 10.6 Å². The van der Waals surface area contributed by atoms with Crippen LogP contribution in [0.5, 0.6) is 0 Å². The van der Waals surface area contributed by atoms with E-state index in [0.29, 0.717) is 5.69 Å².